The fourth-order valence-corrected chi connectivity index (χ4v) is 2.70. The van der Waals surface area contributed by atoms with Crippen molar-refractivity contribution in [3.8, 4) is 23.0 Å². The first kappa shape index (κ1) is 16.3. The van der Waals surface area contributed by atoms with Gasteiger partial charge in [0.25, 0.3) is 5.22 Å². The lowest BCUT2D eigenvalue weighted by Gasteiger charge is -2.05. The Kier molecular flexibility index (Phi) is 4.70. The Labute approximate surface area is 142 Å². The molecule has 24 heavy (non-hydrogen) atoms. The minimum Gasteiger partial charge on any atom is -0.497 e. The number of rotatable bonds is 6. The van der Waals surface area contributed by atoms with Gasteiger partial charge in [0.1, 0.15) is 11.5 Å². The highest BCUT2D eigenvalue weighted by atomic mass is 32.2. The van der Waals surface area contributed by atoms with E-state index in [1.807, 2.05) is 6.92 Å². The van der Waals surface area contributed by atoms with Crippen molar-refractivity contribution >= 4 is 11.8 Å². The van der Waals surface area contributed by atoms with E-state index in [0.29, 0.717) is 40.0 Å². The molecule has 0 spiro atoms. The van der Waals surface area contributed by atoms with Gasteiger partial charge in [-0.05, 0) is 19.1 Å². The Bertz CT molecular complexity index is 810. The van der Waals surface area contributed by atoms with Crippen molar-refractivity contribution in [2.75, 3.05) is 14.2 Å². The van der Waals surface area contributed by atoms with Crippen LogP contribution in [0.5, 0.6) is 11.5 Å². The molecule has 126 valence electrons. The zero-order chi connectivity index (χ0) is 17.1. The number of hydrogen-bond acceptors (Lipinski definition) is 9. The van der Waals surface area contributed by atoms with Gasteiger partial charge >= 0.3 is 0 Å². The van der Waals surface area contributed by atoms with Gasteiger partial charge in [0.05, 0.1) is 19.5 Å². The Hall–Kier alpha value is -2.55. The van der Waals surface area contributed by atoms with E-state index in [9.17, 15) is 0 Å². The maximum absolute atomic E-state index is 5.71. The van der Waals surface area contributed by atoms with Gasteiger partial charge in [-0.3, -0.25) is 0 Å². The maximum atomic E-state index is 5.71. The fraction of sp³-hybridized carbons (Fsp3) is 0.333. The molecule has 0 radical (unpaired) electrons. The summed E-state index contributed by atoms with van der Waals surface area (Å²) in [5, 5.41) is 16.2. The molecular weight excluding hydrogens is 332 g/mol. The van der Waals surface area contributed by atoms with Crippen LogP contribution < -0.4 is 9.47 Å². The molecule has 2 heterocycles. The van der Waals surface area contributed by atoms with E-state index in [1.165, 1.54) is 11.8 Å². The summed E-state index contributed by atoms with van der Waals surface area (Å²) in [6.07, 6.45) is 0. The Balaban J connectivity index is 1.80. The number of ether oxygens (including phenoxy) is 2. The van der Waals surface area contributed by atoms with E-state index < -0.39 is 0 Å². The topological polar surface area (TPSA) is 96.3 Å². The van der Waals surface area contributed by atoms with Gasteiger partial charge < -0.3 is 18.3 Å². The molecule has 0 saturated heterocycles. The van der Waals surface area contributed by atoms with Crippen molar-refractivity contribution in [2.24, 2.45) is 0 Å². The van der Waals surface area contributed by atoms with Crippen LogP contribution in [-0.4, -0.2) is 34.6 Å². The molecule has 3 aromatic rings. The van der Waals surface area contributed by atoms with Crippen LogP contribution in [0.15, 0.2) is 32.3 Å². The SMILES string of the molecule is COc1cc(OC)cc(-c2nnc(SC(C)c3nnc(C)o3)o2)c1. The van der Waals surface area contributed by atoms with Crippen LogP contribution in [0.25, 0.3) is 11.5 Å². The van der Waals surface area contributed by atoms with Crippen molar-refractivity contribution < 1.29 is 18.3 Å². The van der Waals surface area contributed by atoms with Gasteiger partial charge in [-0.2, -0.15) is 0 Å². The highest BCUT2D eigenvalue weighted by molar-refractivity contribution is 7.99. The summed E-state index contributed by atoms with van der Waals surface area (Å²) in [4.78, 5) is 0. The van der Waals surface area contributed by atoms with E-state index in [0.717, 1.165) is 0 Å². The lowest BCUT2D eigenvalue weighted by molar-refractivity contribution is 0.394. The Morgan fingerprint density at radius 1 is 0.958 bits per heavy atom. The van der Waals surface area contributed by atoms with E-state index in [1.54, 1.807) is 39.3 Å². The minimum atomic E-state index is -0.0978. The van der Waals surface area contributed by atoms with Crippen LogP contribution in [0.2, 0.25) is 0 Å². The number of aromatic nitrogens is 4. The summed E-state index contributed by atoms with van der Waals surface area (Å²) in [7, 11) is 3.17. The number of benzene rings is 1. The van der Waals surface area contributed by atoms with E-state index in [-0.39, 0.29) is 5.25 Å². The lowest BCUT2D eigenvalue weighted by atomic mass is 10.2. The number of nitrogens with zero attached hydrogens (tertiary/aromatic N) is 4. The molecule has 1 unspecified atom stereocenters. The Morgan fingerprint density at radius 2 is 1.67 bits per heavy atom. The normalized spacial score (nSPS) is 12.2. The van der Waals surface area contributed by atoms with Crippen LogP contribution in [0.1, 0.15) is 24.0 Å². The Morgan fingerprint density at radius 3 is 2.25 bits per heavy atom. The van der Waals surface area contributed by atoms with Gasteiger partial charge in [-0.1, -0.05) is 11.8 Å². The van der Waals surface area contributed by atoms with Gasteiger partial charge in [0, 0.05) is 18.6 Å². The lowest BCUT2D eigenvalue weighted by Crippen LogP contribution is -1.89. The van der Waals surface area contributed by atoms with E-state index in [2.05, 4.69) is 20.4 Å². The van der Waals surface area contributed by atoms with Crippen LogP contribution >= 0.6 is 11.8 Å². The summed E-state index contributed by atoms with van der Waals surface area (Å²) in [5.41, 5.74) is 0.715. The first-order valence-corrected chi connectivity index (χ1v) is 8.00. The van der Waals surface area contributed by atoms with Gasteiger partial charge in [0.15, 0.2) is 0 Å². The number of hydrogen-bond donors (Lipinski definition) is 0. The third kappa shape index (κ3) is 3.51. The van der Waals surface area contributed by atoms with Crippen molar-refractivity contribution in [2.45, 2.75) is 24.3 Å². The molecule has 1 atom stereocenters. The second-order valence-electron chi connectivity index (χ2n) is 4.89. The molecule has 0 aliphatic carbocycles. The van der Waals surface area contributed by atoms with Crippen molar-refractivity contribution in [1.82, 2.24) is 20.4 Å². The standard InChI is InChI=1S/C15H16N4O4S/c1-8(13-17-16-9(2)22-13)24-15-19-18-14(23-15)10-5-11(20-3)7-12(6-10)21-4/h5-8H,1-4H3. The molecule has 8 nitrogen and oxygen atoms in total. The summed E-state index contributed by atoms with van der Waals surface area (Å²) in [5.74, 6) is 2.70. The van der Waals surface area contributed by atoms with E-state index >= 15 is 0 Å². The molecule has 1 aromatic carbocycles. The first-order chi connectivity index (χ1) is 11.6. The zero-order valence-corrected chi connectivity index (χ0v) is 14.5. The van der Waals surface area contributed by atoms with Gasteiger partial charge in [-0.25, -0.2) is 0 Å². The second kappa shape index (κ2) is 6.91. The molecular formula is C15H16N4O4S. The van der Waals surface area contributed by atoms with Crippen molar-refractivity contribution in [3.05, 3.63) is 30.0 Å². The molecule has 0 bridgehead atoms. The van der Waals surface area contributed by atoms with Crippen LogP contribution in [0.4, 0.5) is 0 Å². The third-order valence-corrected chi connectivity index (χ3v) is 4.09. The predicted molar refractivity (Wildman–Crippen MR) is 86.1 cm³/mol. The highest BCUT2D eigenvalue weighted by Gasteiger charge is 2.19. The number of thioether (sulfide) groups is 1. The summed E-state index contributed by atoms with van der Waals surface area (Å²) in [6, 6.07) is 5.38. The van der Waals surface area contributed by atoms with Crippen LogP contribution in [0, 0.1) is 6.92 Å². The molecule has 0 N–H and O–H groups in total. The predicted octanol–water partition coefficient (Wildman–Crippen LogP) is 3.30. The summed E-state index contributed by atoms with van der Waals surface area (Å²) < 4.78 is 21.6. The smallest absolute Gasteiger partial charge is 0.277 e. The third-order valence-electron chi connectivity index (χ3n) is 3.17. The first-order valence-electron chi connectivity index (χ1n) is 7.12. The second-order valence-corrected chi connectivity index (χ2v) is 6.19. The fourth-order valence-electron chi connectivity index (χ4n) is 1.98. The molecule has 0 amide bonds. The number of methoxy groups -OCH3 is 2. The van der Waals surface area contributed by atoms with Crippen LogP contribution in [-0.2, 0) is 0 Å². The molecule has 0 aliphatic rings. The van der Waals surface area contributed by atoms with Crippen molar-refractivity contribution in [3.63, 3.8) is 0 Å². The molecule has 0 aliphatic heterocycles. The largest absolute Gasteiger partial charge is 0.497 e. The summed E-state index contributed by atoms with van der Waals surface area (Å²) >= 11 is 1.35. The minimum absolute atomic E-state index is 0.0978. The monoisotopic (exact) mass is 348 g/mol. The highest BCUT2D eigenvalue weighted by Crippen LogP contribution is 2.35. The molecule has 0 fully saturated rings. The maximum Gasteiger partial charge on any atom is 0.277 e. The molecule has 9 heteroatoms. The quantitative estimate of drug-likeness (QED) is 0.621. The van der Waals surface area contributed by atoms with Gasteiger partial charge in [-0.15, -0.1) is 20.4 Å². The number of aryl methyl sites for hydroxylation is 1. The molecule has 2 aromatic heterocycles. The van der Waals surface area contributed by atoms with E-state index in [4.69, 9.17) is 18.3 Å². The molecule has 0 saturated carbocycles. The average Bonchev–Trinajstić information content (AvgIpc) is 3.23. The summed E-state index contributed by atoms with van der Waals surface area (Å²) in [6.45, 7) is 3.67. The molecule has 3 rings (SSSR count). The average molecular weight is 348 g/mol. The van der Waals surface area contributed by atoms with Crippen molar-refractivity contribution in [1.29, 1.82) is 0 Å². The zero-order valence-electron chi connectivity index (χ0n) is 13.6. The van der Waals surface area contributed by atoms with Crippen LogP contribution in [0.3, 0.4) is 0 Å². The van der Waals surface area contributed by atoms with Gasteiger partial charge in [0.2, 0.25) is 17.7 Å².